The number of nitrogens with zero attached hydrogens (tertiary/aromatic N) is 5. The van der Waals surface area contributed by atoms with E-state index in [1.54, 1.807) is 11.6 Å². The summed E-state index contributed by atoms with van der Waals surface area (Å²) in [6.07, 6.45) is 1.64. The van der Waals surface area contributed by atoms with Crippen LogP contribution < -0.4 is 5.32 Å². The number of thiazole rings is 1. The molecule has 0 saturated carbocycles. The van der Waals surface area contributed by atoms with Crippen LogP contribution in [0.5, 0.6) is 0 Å². The molecule has 0 unspecified atom stereocenters. The zero-order valence-corrected chi connectivity index (χ0v) is 12.6. The van der Waals surface area contributed by atoms with E-state index in [2.05, 4.69) is 20.5 Å². The molecular weight excluding hydrogens is 320 g/mol. The first-order chi connectivity index (χ1) is 9.69. The second kappa shape index (κ2) is 5.34. The summed E-state index contributed by atoms with van der Waals surface area (Å²) in [6, 6.07) is 0. The molecule has 104 valence electrons. The SMILES string of the molecule is CCNc1nnc(Sc2nc3sccn3c2[N+](=O)[O-])s1. The molecule has 8 nitrogen and oxygen atoms in total. The van der Waals surface area contributed by atoms with E-state index in [1.165, 1.54) is 27.1 Å². The highest BCUT2D eigenvalue weighted by Crippen LogP contribution is 2.37. The van der Waals surface area contributed by atoms with Gasteiger partial charge in [0.1, 0.15) is 6.20 Å². The third kappa shape index (κ3) is 2.34. The predicted molar refractivity (Wildman–Crippen MR) is 77.9 cm³/mol. The van der Waals surface area contributed by atoms with E-state index in [-0.39, 0.29) is 5.82 Å². The van der Waals surface area contributed by atoms with Gasteiger partial charge in [-0.3, -0.25) is 0 Å². The maximum absolute atomic E-state index is 11.2. The van der Waals surface area contributed by atoms with Gasteiger partial charge in [0, 0.05) is 11.9 Å². The lowest BCUT2D eigenvalue weighted by molar-refractivity contribution is -0.393. The average Bonchev–Trinajstić information content (AvgIpc) is 3.05. The number of hydrogen-bond donors (Lipinski definition) is 1. The van der Waals surface area contributed by atoms with Crippen LogP contribution in [0.4, 0.5) is 10.9 Å². The van der Waals surface area contributed by atoms with Crippen LogP contribution in [0.25, 0.3) is 4.96 Å². The van der Waals surface area contributed by atoms with E-state index >= 15 is 0 Å². The van der Waals surface area contributed by atoms with Gasteiger partial charge in [-0.2, -0.15) is 9.38 Å². The Hall–Kier alpha value is -1.72. The summed E-state index contributed by atoms with van der Waals surface area (Å²) in [5.74, 6) is -0.0357. The topological polar surface area (TPSA) is 98.2 Å². The molecule has 3 aromatic rings. The quantitative estimate of drug-likeness (QED) is 0.568. The predicted octanol–water partition coefficient (Wildman–Crippen LogP) is 2.74. The largest absolute Gasteiger partial charge is 0.363 e. The number of anilines is 1. The zero-order valence-electron chi connectivity index (χ0n) is 10.1. The molecular formula is C9H8N6O2S3. The third-order valence-corrected chi connectivity index (χ3v) is 4.95. The number of rotatable bonds is 5. The summed E-state index contributed by atoms with van der Waals surface area (Å²) in [5, 5.41) is 25.0. The van der Waals surface area contributed by atoms with Crippen LogP contribution in [-0.4, -0.2) is 31.1 Å². The van der Waals surface area contributed by atoms with Gasteiger partial charge in [0.05, 0.1) is 0 Å². The monoisotopic (exact) mass is 328 g/mol. The van der Waals surface area contributed by atoms with Crippen molar-refractivity contribution in [3.63, 3.8) is 0 Å². The molecule has 0 atom stereocenters. The van der Waals surface area contributed by atoms with E-state index in [0.29, 0.717) is 19.5 Å². The van der Waals surface area contributed by atoms with E-state index in [0.717, 1.165) is 18.3 Å². The van der Waals surface area contributed by atoms with Crippen molar-refractivity contribution in [3.05, 3.63) is 21.7 Å². The smallest absolute Gasteiger partial charge is 0.360 e. The minimum Gasteiger partial charge on any atom is -0.360 e. The number of imidazole rings is 1. The first-order valence-corrected chi connectivity index (χ1v) is 8.05. The normalized spacial score (nSPS) is 11.1. The minimum atomic E-state index is -0.429. The second-order valence-corrected chi connectivity index (χ2v) is 6.65. The van der Waals surface area contributed by atoms with Gasteiger partial charge in [0.25, 0.3) is 4.96 Å². The summed E-state index contributed by atoms with van der Waals surface area (Å²) >= 11 is 3.86. The van der Waals surface area contributed by atoms with Gasteiger partial charge in [0.2, 0.25) is 10.2 Å². The first kappa shape index (κ1) is 13.3. The fourth-order valence-electron chi connectivity index (χ4n) is 1.54. The Kier molecular flexibility index (Phi) is 3.54. The second-order valence-electron chi connectivity index (χ2n) is 3.56. The van der Waals surface area contributed by atoms with E-state index in [4.69, 9.17) is 0 Å². The molecule has 1 N–H and O–H groups in total. The van der Waals surface area contributed by atoms with E-state index < -0.39 is 4.92 Å². The molecule has 0 aliphatic carbocycles. The number of nitrogens with one attached hydrogen (secondary N) is 1. The highest BCUT2D eigenvalue weighted by atomic mass is 32.2. The van der Waals surface area contributed by atoms with Crippen molar-refractivity contribution in [1.29, 1.82) is 0 Å². The molecule has 3 heterocycles. The Morgan fingerprint density at radius 3 is 3.15 bits per heavy atom. The maximum atomic E-state index is 11.2. The zero-order chi connectivity index (χ0) is 14.1. The molecule has 0 fully saturated rings. The molecule has 0 aromatic carbocycles. The fraction of sp³-hybridized carbons (Fsp3) is 0.222. The Morgan fingerprint density at radius 1 is 1.55 bits per heavy atom. The number of fused-ring (bicyclic) bond motifs is 1. The number of hydrogen-bond acceptors (Lipinski definition) is 9. The summed E-state index contributed by atoms with van der Waals surface area (Å²) in [5.41, 5.74) is 0. The third-order valence-electron chi connectivity index (χ3n) is 2.30. The first-order valence-electron chi connectivity index (χ1n) is 5.54. The lowest BCUT2D eigenvalue weighted by Gasteiger charge is -1.94. The fourth-order valence-corrected chi connectivity index (χ4v) is 4.14. The lowest BCUT2D eigenvalue weighted by atomic mass is 10.7. The summed E-state index contributed by atoms with van der Waals surface area (Å²) in [4.78, 5) is 15.6. The van der Waals surface area contributed by atoms with Crippen molar-refractivity contribution in [2.24, 2.45) is 0 Å². The van der Waals surface area contributed by atoms with Crippen molar-refractivity contribution < 1.29 is 4.92 Å². The van der Waals surface area contributed by atoms with Gasteiger partial charge >= 0.3 is 5.82 Å². The van der Waals surface area contributed by atoms with Gasteiger partial charge in [-0.25, -0.2) is 0 Å². The Labute approximate surface area is 125 Å². The van der Waals surface area contributed by atoms with Gasteiger partial charge < -0.3 is 15.4 Å². The summed E-state index contributed by atoms with van der Waals surface area (Å²) in [7, 11) is 0. The molecule has 0 aliphatic heterocycles. The summed E-state index contributed by atoms with van der Waals surface area (Å²) < 4.78 is 2.09. The van der Waals surface area contributed by atoms with Crippen molar-refractivity contribution in [2.45, 2.75) is 16.3 Å². The number of aromatic nitrogens is 4. The Balaban J connectivity index is 1.94. The highest BCUT2D eigenvalue weighted by molar-refractivity contribution is 8.01. The molecule has 20 heavy (non-hydrogen) atoms. The summed E-state index contributed by atoms with van der Waals surface area (Å²) in [6.45, 7) is 2.71. The van der Waals surface area contributed by atoms with Crippen LogP contribution >= 0.6 is 34.4 Å². The molecule has 0 spiro atoms. The van der Waals surface area contributed by atoms with Crippen molar-refractivity contribution >= 4 is 50.3 Å². The molecule has 11 heteroatoms. The molecule has 0 saturated heterocycles. The van der Waals surface area contributed by atoms with Crippen LogP contribution in [0.1, 0.15) is 6.92 Å². The van der Waals surface area contributed by atoms with Crippen molar-refractivity contribution in [1.82, 2.24) is 19.6 Å². The molecule has 0 radical (unpaired) electrons. The molecule has 0 bridgehead atoms. The van der Waals surface area contributed by atoms with Gasteiger partial charge in [0.15, 0.2) is 4.34 Å². The van der Waals surface area contributed by atoms with Crippen LogP contribution in [0.15, 0.2) is 20.9 Å². The lowest BCUT2D eigenvalue weighted by Crippen LogP contribution is -1.94. The minimum absolute atomic E-state index is 0.0357. The number of nitro groups is 1. The van der Waals surface area contributed by atoms with Crippen LogP contribution in [0.3, 0.4) is 0 Å². The van der Waals surface area contributed by atoms with Gasteiger partial charge in [-0.05, 0) is 23.6 Å². The molecule has 3 rings (SSSR count). The van der Waals surface area contributed by atoms with Crippen molar-refractivity contribution in [2.75, 3.05) is 11.9 Å². The molecule has 3 aromatic heterocycles. The average molecular weight is 328 g/mol. The Morgan fingerprint density at radius 2 is 2.40 bits per heavy atom. The molecule has 0 amide bonds. The van der Waals surface area contributed by atoms with Crippen molar-refractivity contribution in [3.8, 4) is 0 Å². The van der Waals surface area contributed by atoms with Gasteiger partial charge in [-0.15, -0.1) is 10.2 Å². The Bertz CT molecular complexity index is 763. The standard InChI is InChI=1S/C9H8N6O2S3/c1-2-10-7-12-13-9(20-7)19-5-6(15(16)17)14-3-4-18-8(14)11-5/h3-4H,2H2,1H3,(H,10,12). The van der Waals surface area contributed by atoms with Crippen LogP contribution in [-0.2, 0) is 0 Å². The van der Waals surface area contributed by atoms with E-state index in [9.17, 15) is 10.1 Å². The van der Waals surface area contributed by atoms with Crippen LogP contribution in [0, 0.1) is 10.1 Å². The highest BCUT2D eigenvalue weighted by Gasteiger charge is 2.25. The van der Waals surface area contributed by atoms with Crippen LogP contribution in [0.2, 0.25) is 0 Å². The van der Waals surface area contributed by atoms with Gasteiger partial charge in [-0.1, -0.05) is 22.7 Å². The van der Waals surface area contributed by atoms with E-state index in [1.807, 2.05) is 6.92 Å². The molecule has 0 aliphatic rings. The maximum Gasteiger partial charge on any atom is 0.363 e.